The van der Waals surface area contributed by atoms with E-state index >= 15 is 0 Å². The molecule has 6 nitrogen and oxygen atoms in total. The van der Waals surface area contributed by atoms with E-state index in [0.717, 1.165) is 62.5 Å². The van der Waals surface area contributed by atoms with Crippen LogP contribution in [-0.2, 0) is 11.3 Å². The number of likely N-dealkylation sites (tertiary alicyclic amines) is 1. The second-order valence-electron chi connectivity index (χ2n) is 6.99. The molecule has 0 atom stereocenters. The van der Waals surface area contributed by atoms with E-state index < -0.39 is 0 Å². The highest BCUT2D eigenvalue weighted by Crippen LogP contribution is 2.15. The number of nitrogens with zero attached hydrogens (tertiary/aromatic N) is 4. The Labute approximate surface area is 168 Å². The molecule has 0 aliphatic carbocycles. The van der Waals surface area contributed by atoms with Crippen LogP contribution in [0.5, 0.6) is 0 Å². The first kappa shape index (κ1) is 20.1. The minimum atomic E-state index is -0.238. The van der Waals surface area contributed by atoms with Gasteiger partial charge in [-0.1, -0.05) is 22.0 Å². The van der Waals surface area contributed by atoms with Gasteiger partial charge in [0, 0.05) is 62.9 Å². The molecule has 2 saturated heterocycles. The zero-order valence-corrected chi connectivity index (χ0v) is 17.3. The van der Waals surface area contributed by atoms with Gasteiger partial charge in [-0.25, -0.2) is 4.39 Å². The van der Waals surface area contributed by atoms with E-state index in [4.69, 9.17) is 0 Å². The minimum Gasteiger partial charge on any atom is -0.352 e. The quantitative estimate of drug-likeness (QED) is 0.574. The molecular weight excluding hydrogens is 413 g/mol. The van der Waals surface area contributed by atoms with E-state index in [0.29, 0.717) is 18.7 Å². The fraction of sp³-hybridized carbons (Fsp3) is 0.579. The van der Waals surface area contributed by atoms with Crippen LogP contribution in [0, 0.1) is 5.82 Å². The summed E-state index contributed by atoms with van der Waals surface area (Å²) < 4.78 is 14.7. The molecular formula is C19H27BrFN5O. The summed E-state index contributed by atoms with van der Waals surface area (Å²) >= 11 is 3.27. The van der Waals surface area contributed by atoms with E-state index in [-0.39, 0.29) is 11.7 Å². The maximum Gasteiger partial charge on any atom is 0.236 e. The average molecular weight is 440 g/mol. The molecule has 0 radical (unpaired) electrons. The summed E-state index contributed by atoms with van der Waals surface area (Å²) in [5.41, 5.74) is 0.606. The van der Waals surface area contributed by atoms with Crippen molar-refractivity contribution in [3.63, 3.8) is 0 Å². The van der Waals surface area contributed by atoms with Crippen molar-refractivity contribution in [2.24, 2.45) is 4.99 Å². The number of benzene rings is 1. The molecule has 3 rings (SSSR count). The zero-order valence-electron chi connectivity index (χ0n) is 15.8. The van der Waals surface area contributed by atoms with Gasteiger partial charge in [0.15, 0.2) is 5.96 Å². The summed E-state index contributed by atoms with van der Waals surface area (Å²) in [4.78, 5) is 23.0. The number of amides is 1. The number of nitrogens with one attached hydrogen (secondary N) is 1. The summed E-state index contributed by atoms with van der Waals surface area (Å²) in [5.74, 6) is 0.773. The van der Waals surface area contributed by atoms with Crippen molar-refractivity contribution in [3.05, 3.63) is 34.1 Å². The topological polar surface area (TPSA) is 51.2 Å². The highest BCUT2D eigenvalue weighted by molar-refractivity contribution is 9.10. The first-order valence-electron chi connectivity index (χ1n) is 9.46. The molecule has 2 aliphatic heterocycles. The molecule has 0 spiro atoms. The Morgan fingerprint density at radius 1 is 1.15 bits per heavy atom. The molecule has 0 bridgehead atoms. The Morgan fingerprint density at radius 3 is 2.48 bits per heavy atom. The van der Waals surface area contributed by atoms with Crippen molar-refractivity contribution < 1.29 is 9.18 Å². The van der Waals surface area contributed by atoms with Crippen molar-refractivity contribution in [3.8, 4) is 0 Å². The molecule has 1 amide bonds. The standard InChI is InChI=1S/C19H27BrFN5O/c1-22-19(23-13-15-4-5-16(20)12-17(15)21)26-10-8-24(9-11-26)14-18(27)25-6-2-3-7-25/h4-5,12H,2-3,6-11,13-14H2,1H3,(H,22,23). The molecule has 0 saturated carbocycles. The van der Waals surface area contributed by atoms with E-state index in [2.05, 4.69) is 36.0 Å². The third-order valence-corrected chi connectivity index (χ3v) is 5.65. The Balaban J connectivity index is 1.46. The molecule has 2 aliphatic rings. The first-order chi connectivity index (χ1) is 13.1. The number of hydrogen-bond donors (Lipinski definition) is 1. The van der Waals surface area contributed by atoms with E-state index in [1.807, 2.05) is 11.0 Å². The van der Waals surface area contributed by atoms with Gasteiger partial charge < -0.3 is 15.1 Å². The lowest BCUT2D eigenvalue weighted by molar-refractivity contribution is -0.131. The summed E-state index contributed by atoms with van der Waals surface area (Å²) in [6, 6.07) is 5.07. The summed E-state index contributed by atoms with van der Waals surface area (Å²) in [6.07, 6.45) is 2.25. The maximum atomic E-state index is 14.0. The predicted molar refractivity (Wildman–Crippen MR) is 108 cm³/mol. The second-order valence-corrected chi connectivity index (χ2v) is 7.90. The van der Waals surface area contributed by atoms with Gasteiger partial charge in [-0.3, -0.25) is 14.7 Å². The van der Waals surface area contributed by atoms with Crippen LogP contribution in [-0.4, -0.2) is 79.4 Å². The third-order valence-electron chi connectivity index (χ3n) is 5.15. The molecule has 148 valence electrons. The number of rotatable bonds is 4. The first-order valence-corrected chi connectivity index (χ1v) is 10.3. The second kappa shape index (κ2) is 9.50. The van der Waals surface area contributed by atoms with Gasteiger partial charge >= 0.3 is 0 Å². The highest BCUT2D eigenvalue weighted by Gasteiger charge is 2.24. The number of guanidine groups is 1. The average Bonchev–Trinajstić information content (AvgIpc) is 3.20. The van der Waals surface area contributed by atoms with Crippen LogP contribution in [0.15, 0.2) is 27.7 Å². The number of aliphatic imine (C=N–C) groups is 1. The van der Waals surface area contributed by atoms with Crippen LogP contribution in [0.2, 0.25) is 0 Å². The van der Waals surface area contributed by atoms with Crippen LogP contribution in [0.4, 0.5) is 4.39 Å². The molecule has 1 aromatic rings. The SMILES string of the molecule is CN=C(NCc1ccc(Br)cc1F)N1CCN(CC(=O)N2CCCC2)CC1. The van der Waals surface area contributed by atoms with Crippen LogP contribution >= 0.6 is 15.9 Å². The Bertz CT molecular complexity index is 685. The number of carbonyl (C=O) groups excluding carboxylic acids is 1. The van der Waals surface area contributed by atoms with E-state index in [1.165, 1.54) is 6.07 Å². The lowest BCUT2D eigenvalue weighted by Gasteiger charge is -2.36. The maximum absolute atomic E-state index is 14.0. The predicted octanol–water partition coefficient (Wildman–Crippen LogP) is 1.90. The van der Waals surface area contributed by atoms with Gasteiger partial charge in [0.2, 0.25) is 5.91 Å². The number of carbonyl (C=O) groups is 1. The van der Waals surface area contributed by atoms with Crippen LogP contribution in [0.25, 0.3) is 0 Å². The van der Waals surface area contributed by atoms with Crippen molar-refractivity contribution in [2.45, 2.75) is 19.4 Å². The number of halogens is 2. The smallest absolute Gasteiger partial charge is 0.236 e. The molecule has 27 heavy (non-hydrogen) atoms. The van der Waals surface area contributed by atoms with Gasteiger partial charge in [-0.2, -0.15) is 0 Å². The van der Waals surface area contributed by atoms with Gasteiger partial charge in [0.05, 0.1) is 6.54 Å². The monoisotopic (exact) mass is 439 g/mol. The fourth-order valence-corrected chi connectivity index (χ4v) is 3.88. The highest BCUT2D eigenvalue weighted by atomic mass is 79.9. The molecule has 2 heterocycles. The lowest BCUT2D eigenvalue weighted by Crippen LogP contribution is -2.54. The molecule has 2 fully saturated rings. The number of piperazine rings is 1. The normalized spacial score (nSPS) is 18.9. The molecule has 0 unspecified atom stereocenters. The summed E-state index contributed by atoms with van der Waals surface area (Å²) in [7, 11) is 1.74. The van der Waals surface area contributed by atoms with Crippen molar-refractivity contribution in [1.29, 1.82) is 0 Å². The van der Waals surface area contributed by atoms with Gasteiger partial charge in [-0.05, 0) is 25.0 Å². The Morgan fingerprint density at radius 2 is 1.85 bits per heavy atom. The van der Waals surface area contributed by atoms with E-state index in [1.54, 1.807) is 13.1 Å². The Kier molecular flexibility index (Phi) is 7.07. The van der Waals surface area contributed by atoms with Crippen LogP contribution < -0.4 is 5.32 Å². The third kappa shape index (κ3) is 5.42. The molecule has 1 aromatic carbocycles. The van der Waals surface area contributed by atoms with Gasteiger partial charge in [-0.15, -0.1) is 0 Å². The largest absolute Gasteiger partial charge is 0.352 e. The van der Waals surface area contributed by atoms with Gasteiger partial charge in [0.1, 0.15) is 5.82 Å². The van der Waals surface area contributed by atoms with Crippen molar-refractivity contribution in [2.75, 3.05) is 52.9 Å². The summed E-state index contributed by atoms with van der Waals surface area (Å²) in [6.45, 7) is 5.96. The fourth-order valence-electron chi connectivity index (χ4n) is 3.55. The van der Waals surface area contributed by atoms with Crippen LogP contribution in [0.1, 0.15) is 18.4 Å². The number of hydrogen-bond acceptors (Lipinski definition) is 3. The molecule has 1 N–H and O–H groups in total. The Hall–Kier alpha value is -1.67. The van der Waals surface area contributed by atoms with Crippen LogP contribution in [0.3, 0.4) is 0 Å². The van der Waals surface area contributed by atoms with Crippen molar-refractivity contribution >= 4 is 27.8 Å². The molecule has 8 heteroatoms. The minimum absolute atomic E-state index is 0.238. The lowest BCUT2D eigenvalue weighted by atomic mass is 10.2. The molecule has 0 aromatic heterocycles. The summed E-state index contributed by atoms with van der Waals surface area (Å²) in [5, 5.41) is 3.24. The zero-order chi connectivity index (χ0) is 19.2. The van der Waals surface area contributed by atoms with E-state index in [9.17, 15) is 9.18 Å². The van der Waals surface area contributed by atoms with Gasteiger partial charge in [0.25, 0.3) is 0 Å². The van der Waals surface area contributed by atoms with Crippen molar-refractivity contribution in [1.82, 2.24) is 20.0 Å².